The van der Waals surface area contributed by atoms with Crippen molar-refractivity contribution in [2.75, 3.05) is 31.1 Å². The molecule has 29 heavy (non-hydrogen) atoms. The highest BCUT2D eigenvalue weighted by atomic mass is 19.1. The zero-order valence-electron chi connectivity index (χ0n) is 18.2. The zero-order chi connectivity index (χ0) is 22.0. The highest BCUT2D eigenvalue weighted by molar-refractivity contribution is 5.78. The Balaban J connectivity index is 0.000000749. The summed E-state index contributed by atoms with van der Waals surface area (Å²) < 4.78 is 14.2. The molecule has 1 aromatic rings. The van der Waals surface area contributed by atoms with Crippen molar-refractivity contribution in [1.82, 2.24) is 15.3 Å². The summed E-state index contributed by atoms with van der Waals surface area (Å²) in [6.07, 6.45) is 6.24. The normalized spacial score (nSPS) is 15.0. The fourth-order valence-corrected chi connectivity index (χ4v) is 2.63. The van der Waals surface area contributed by atoms with Gasteiger partial charge in [0.25, 0.3) is 0 Å². The van der Waals surface area contributed by atoms with Crippen molar-refractivity contribution in [2.24, 2.45) is 0 Å². The maximum atomic E-state index is 14.2. The van der Waals surface area contributed by atoms with Gasteiger partial charge >= 0.3 is 0 Å². The predicted octanol–water partition coefficient (Wildman–Crippen LogP) is 5.14. The first-order valence-electron chi connectivity index (χ1n) is 9.75. The largest absolute Gasteiger partial charge is 0.507 e. The van der Waals surface area contributed by atoms with Gasteiger partial charge in [0.2, 0.25) is 0 Å². The number of aliphatic hydroxyl groups excluding tert-OH is 1. The number of halogens is 1. The Morgan fingerprint density at radius 2 is 1.72 bits per heavy atom. The third-order valence-corrected chi connectivity index (χ3v) is 4.49. The number of aliphatic hydroxyl groups is 1. The molecule has 1 aliphatic heterocycles. The van der Waals surface area contributed by atoms with Crippen LogP contribution in [0.4, 0.5) is 10.2 Å². The molecule has 0 aliphatic carbocycles. The third-order valence-electron chi connectivity index (χ3n) is 4.49. The fourth-order valence-electron chi connectivity index (χ4n) is 2.63. The Hall–Kier alpha value is -2.73. The molecule has 0 bridgehead atoms. The summed E-state index contributed by atoms with van der Waals surface area (Å²) in [6, 6.07) is 0. The zero-order valence-corrected chi connectivity index (χ0v) is 18.2. The molecule has 5 nitrogen and oxygen atoms in total. The van der Waals surface area contributed by atoms with Gasteiger partial charge in [-0.1, -0.05) is 30.9 Å². The molecule has 1 aliphatic rings. The van der Waals surface area contributed by atoms with Crippen LogP contribution in [-0.2, 0) is 0 Å². The topological polar surface area (TPSA) is 61.3 Å². The number of rotatable bonds is 5. The molecule has 2 N–H and O–H groups in total. The minimum atomic E-state index is -0.664. The Kier molecular flexibility index (Phi) is 10.0. The van der Waals surface area contributed by atoms with E-state index in [1.54, 1.807) is 13.0 Å². The number of aryl methyl sites for hydroxylation is 1. The van der Waals surface area contributed by atoms with Gasteiger partial charge in [-0.05, 0) is 46.8 Å². The SMILES string of the molecule is C=C/C(F)=C(\C(O)=C/C)c1nc(C)c(C=C)c(N2CCNCC2)n1.CC=C(C)C. The number of piperazine rings is 1. The van der Waals surface area contributed by atoms with Crippen molar-refractivity contribution in [2.45, 2.75) is 34.6 Å². The first kappa shape index (κ1) is 24.3. The smallest absolute Gasteiger partial charge is 0.168 e. The molecule has 1 saturated heterocycles. The summed E-state index contributed by atoms with van der Waals surface area (Å²) in [4.78, 5) is 11.0. The Morgan fingerprint density at radius 3 is 2.17 bits per heavy atom. The number of hydrogen-bond donors (Lipinski definition) is 2. The minimum absolute atomic E-state index is 0.0532. The van der Waals surface area contributed by atoms with E-state index in [1.165, 1.54) is 11.6 Å². The second-order valence-electron chi connectivity index (χ2n) is 6.78. The summed E-state index contributed by atoms with van der Waals surface area (Å²) >= 11 is 0. The summed E-state index contributed by atoms with van der Waals surface area (Å²) in [6.45, 7) is 20.2. The lowest BCUT2D eigenvalue weighted by atomic mass is 10.1. The Morgan fingerprint density at radius 1 is 1.14 bits per heavy atom. The number of nitrogens with zero attached hydrogens (tertiary/aromatic N) is 3. The van der Waals surface area contributed by atoms with E-state index in [0.29, 0.717) is 11.5 Å². The Labute approximate surface area is 174 Å². The molecule has 1 aromatic heterocycles. The van der Waals surface area contributed by atoms with Gasteiger partial charge in [0.1, 0.15) is 17.4 Å². The van der Waals surface area contributed by atoms with E-state index in [9.17, 15) is 9.50 Å². The van der Waals surface area contributed by atoms with Crippen LogP contribution < -0.4 is 10.2 Å². The molecular weight excluding hydrogens is 367 g/mol. The molecule has 0 aromatic carbocycles. The van der Waals surface area contributed by atoms with Crippen molar-refractivity contribution >= 4 is 17.5 Å². The molecule has 0 radical (unpaired) electrons. The van der Waals surface area contributed by atoms with Gasteiger partial charge in [-0.15, -0.1) is 0 Å². The van der Waals surface area contributed by atoms with Crippen LogP contribution in [0.15, 0.2) is 48.5 Å². The van der Waals surface area contributed by atoms with Crippen LogP contribution >= 0.6 is 0 Å². The lowest BCUT2D eigenvalue weighted by molar-refractivity contribution is 0.433. The Bertz CT molecular complexity index is 814. The average Bonchev–Trinajstić information content (AvgIpc) is 2.74. The molecule has 0 spiro atoms. The third kappa shape index (κ3) is 6.68. The highest BCUT2D eigenvalue weighted by Crippen LogP contribution is 2.29. The fraction of sp³-hybridized carbons (Fsp3) is 0.391. The minimum Gasteiger partial charge on any atom is -0.507 e. The van der Waals surface area contributed by atoms with Crippen molar-refractivity contribution in [3.63, 3.8) is 0 Å². The average molecular weight is 401 g/mol. The summed E-state index contributed by atoms with van der Waals surface area (Å²) in [7, 11) is 0. The lowest BCUT2D eigenvalue weighted by Gasteiger charge is -2.30. The molecule has 2 rings (SSSR count). The summed E-state index contributed by atoms with van der Waals surface area (Å²) in [5.74, 6) is -0.0427. The summed E-state index contributed by atoms with van der Waals surface area (Å²) in [5.41, 5.74) is 2.83. The van der Waals surface area contributed by atoms with E-state index in [2.05, 4.69) is 53.3 Å². The van der Waals surface area contributed by atoms with Gasteiger partial charge in [0.15, 0.2) is 5.82 Å². The van der Waals surface area contributed by atoms with Gasteiger partial charge < -0.3 is 15.3 Å². The second kappa shape index (κ2) is 12.0. The number of hydrogen-bond acceptors (Lipinski definition) is 5. The maximum Gasteiger partial charge on any atom is 0.168 e. The van der Waals surface area contributed by atoms with Crippen LogP contribution in [-0.4, -0.2) is 41.3 Å². The molecule has 0 unspecified atom stereocenters. The molecule has 0 amide bonds. The van der Waals surface area contributed by atoms with Crippen LogP contribution in [0.2, 0.25) is 0 Å². The van der Waals surface area contributed by atoms with Crippen LogP contribution in [0.25, 0.3) is 11.6 Å². The quantitative estimate of drug-likeness (QED) is 0.407. The first-order chi connectivity index (χ1) is 13.8. The van der Waals surface area contributed by atoms with E-state index >= 15 is 0 Å². The molecule has 158 valence electrons. The standard InChI is InChI=1S/C18H23FN4O.C5H10/c1-5-13-12(4)21-17(16(14(19)6-2)15(24)7-3)22-18(13)23-10-8-20-9-11-23;1-4-5(2)3/h5-7,20,24H,1-2,8-11H2,3-4H3;4H,1-3H3/b15-7+,16-14-;. The van der Waals surface area contributed by atoms with Gasteiger partial charge in [-0.3, -0.25) is 0 Å². The van der Waals surface area contributed by atoms with Gasteiger partial charge in [-0.2, -0.15) is 0 Å². The van der Waals surface area contributed by atoms with Crippen LogP contribution in [0.1, 0.15) is 44.8 Å². The molecular formula is C23H33FN4O. The number of anilines is 1. The van der Waals surface area contributed by atoms with Gasteiger partial charge in [0, 0.05) is 31.7 Å². The van der Waals surface area contributed by atoms with Gasteiger partial charge in [-0.25, -0.2) is 14.4 Å². The maximum absolute atomic E-state index is 14.2. The van der Waals surface area contributed by atoms with Crippen molar-refractivity contribution < 1.29 is 9.50 Å². The first-order valence-corrected chi connectivity index (χ1v) is 9.75. The second-order valence-corrected chi connectivity index (χ2v) is 6.78. The molecule has 0 atom stereocenters. The van der Waals surface area contributed by atoms with Crippen molar-refractivity contribution in [3.8, 4) is 0 Å². The van der Waals surface area contributed by atoms with E-state index in [0.717, 1.165) is 37.8 Å². The number of aromatic nitrogens is 2. The summed E-state index contributed by atoms with van der Waals surface area (Å²) in [5, 5.41) is 13.4. The van der Waals surface area contributed by atoms with E-state index in [1.807, 2.05) is 13.8 Å². The molecule has 6 heteroatoms. The molecule has 0 saturated carbocycles. The van der Waals surface area contributed by atoms with Gasteiger partial charge in [0.05, 0.1) is 11.3 Å². The number of nitrogens with one attached hydrogen (secondary N) is 1. The van der Waals surface area contributed by atoms with E-state index in [4.69, 9.17) is 0 Å². The van der Waals surface area contributed by atoms with Crippen molar-refractivity contribution in [3.05, 3.63) is 65.6 Å². The number of allylic oxidation sites excluding steroid dienone is 6. The van der Waals surface area contributed by atoms with E-state index in [-0.39, 0.29) is 17.2 Å². The lowest BCUT2D eigenvalue weighted by Crippen LogP contribution is -2.44. The van der Waals surface area contributed by atoms with Crippen LogP contribution in [0.5, 0.6) is 0 Å². The molecule has 1 fully saturated rings. The highest BCUT2D eigenvalue weighted by Gasteiger charge is 2.22. The van der Waals surface area contributed by atoms with Crippen LogP contribution in [0.3, 0.4) is 0 Å². The van der Waals surface area contributed by atoms with Crippen molar-refractivity contribution in [1.29, 1.82) is 0 Å². The predicted molar refractivity (Wildman–Crippen MR) is 122 cm³/mol. The van der Waals surface area contributed by atoms with E-state index < -0.39 is 5.83 Å². The molecule has 2 heterocycles. The van der Waals surface area contributed by atoms with Crippen LogP contribution in [0, 0.1) is 6.92 Å². The monoisotopic (exact) mass is 400 g/mol.